The Labute approximate surface area is 128 Å². The molecule has 0 aliphatic carbocycles. The molecule has 3 nitrogen and oxygen atoms in total. The number of hydrogen-bond acceptors (Lipinski definition) is 5. The molecular formula is C15H20N2OS2. The lowest BCUT2D eigenvalue weighted by Crippen LogP contribution is -2.41. The average molecular weight is 308 g/mol. The number of furan rings is 1. The summed E-state index contributed by atoms with van der Waals surface area (Å²) in [4.78, 5) is 0. The minimum absolute atomic E-state index is 0.0742. The van der Waals surface area contributed by atoms with E-state index in [0.29, 0.717) is 10.5 Å². The molecule has 0 amide bonds. The van der Waals surface area contributed by atoms with Crippen LogP contribution in [0.15, 0.2) is 34.7 Å². The van der Waals surface area contributed by atoms with E-state index >= 15 is 0 Å². The lowest BCUT2D eigenvalue weighted by molar-refractivity contribution is 0.418. The molecule has 3 N–H and O–H groups in total. The van der Waals surface area contributed by atoms with Gasteiger partial charge in [0.2, 0.25) is 0 Å². The van der Waals surface area contributed by atoms with Gasteiger partial charge in [0, 0.05) is 27.4 Å². The van der Waals surface area contributed by atoms with Crippen LogP contribution in [0.25, 0.3) is 11.0 Å². The molecule has 0 saturated carbocycles. The van der Waals surface area contributed by atoms with E-state index < -0.39 is 0 Å². The van der Waals surface area contributed by atoms with Crippen molar-refractivity contribution in [3.05, 3.63) is 36.1 Å². The van der Waals surface area contributed by atoms with Gasteiger partial charge in [0.15, 0.2) is 0 Å². The predicted octanol–water partition coefficient (Wildman–Crippen LogP) is 3.56. The molecular weight excluding hydrogens is 288 g/mol. The Bertz CT molecular complexity index is 539. The van der Waals surface area contributed by atoms with E-state index in [-0.39, 0.29) is 6.04 Å². The van der Waals surface area contributed by atoms with Gasteiger partial charge in [0.25, 0.3) is 0 Å². The molecule has 1 saturated heterocycles. The Balaban J connectivity index is 1.91. The van der Waals surface area contributed by atoms with Gasteiger partial charge in [-0.05, 0) is 18.6 Å². The minimum Gasteiger partial charge on any atom is -0.459 e. The Kier molecular flexibility index (Phi) is 4.61. The Morgan fingerprint density at radius 3 is 2.90 bits per heavy atom. The largest absolute Gasteiger partial charge is 0.459 e. The van der Waals surface area contributed by atoms with Gasteiger partial charge in [0.1, 0.15) is 11.3 Å². The van der Waals surface area contributed by atoms with Crippen LogP contribution in [0.2, 0.25) is 0 Å². The molecule has 108 valence electrons. The van der Waals surface area contributed by atoms with Crippen LogP contribution >= 0.6 is 23.5 Å². The third-order valence-electron chi connectivity index (χ3n) is 3.75. The van der Waals surface area contributed by atoms with Gasteiger partial charge in [-0.2, -0.15) is 23.5 Å². The molecule has 1 aromatic carbocycles. The van der Waals surface area contributed by atoms with E-state index in [1.165, 1.54) is 17.9 Å². The zero-order valence-corrected chi connectivity index (χ0v) is 13.2. The SMILES string of the molecule is CCC1SCCSC1C(NN)c1cc2ccccc2o1. The second-order valence-electron chi connectivity index (χ2n) is 4.98. The molecule has 3 atom stereocenters. The lowest BCUT2D eigenvalue weighted by atomic mass is 10.1. The Morgan fingerprint density at radius 2 is 2.15 bits per heavy atom. The first kappa shape index (κ1) is 14.3. The zero-order chi connectivity index (χ0) is 13.9. The summed E-state index contributed by atoms with van der Waals surface area (Å²) in [5.74, 6) is 9.21. The maximum Gasteiger partial charge on any atom is 0.134 e. The molecule has 3 unspecified atom stereocenters. The van der Waals surface area contributed by atoms with Gasteiger partial charge in [-0.3, -0.25) is 5.84 Å². The van der Waals surface area contributed by atoms with Crippen molar-refractivity contribution in [2.24, 2.45) is 5.84 Å². The van der Waals surface area contributed by atoms with Crippen molar-refractivity contribution in [3.8, 4) is 0 Å². The van der Waals surface area contributed by atoms with Crippen molar-refractivity contribution in [2.75, 3.05) is 11.5 Å². The monoisotopic (exact) mass is 308 g/mol. The van der Waals surface area contributed by atoms with Gasteiger partial charge in [-0.15, -0.1) is 0 Å². The molecule has 1 aliphatic heterocycles. The summed E-state index contributed by atoms with van der Waals surface area (Å²) in [5, 5.41) is 2.23. The smallest absolute Gasteiger partial charge is 0.134 e. The predicted molar refractivity (Wildman–Crippen MR) is 89.1 cm³/mol. The molecule has 2 heterocycles. The molecule has 1 fully saturated rings. The molecule has 1 aromatic heterocycles. The highest BCUT2D eigenvalue weighted by atomic mass is 32.2. The number of hydrogen-bond donors (Lipinski definition) is 2. The molecule has 0 spiro atoms. The normalized spacial score (nSPS) is 24.9. The van der Waals surface area contributed by atoms with E-state index in [2.05, 4.69) is 36.2 Å². The van der Waals surface area contributed by atoms with Crippen LogP contribution < -0.4 is 11.3 Å². The maximum absolute atomic E-state index is 6.00. The number of fused-ring (bicyclic) bond motifs is 1. The van der Waals surface area contributed by atoms with E-state index in [9.17, 15) is 0 Å². The highest BCUT2D eigenvalue weighted by molar-refractivity contribution is 8.07. The quantitative estimate of drug-likeness (QED) is 0.668. The van der Waals surface area contributed by atoms with Crippen molar-refractivity contribution < 1.29 is 4.42 Å². The summed E-state index contributed by atoms with van der Waals surface area (Å²) in [6, 6.07) is 10.3. The van der Waals surface area contributed by atoms with Gasteiger partial charge < -0.3 is 4.42 Å². The van der Waals surface area contributed by atoms with Crippen LogP contribution in [-0.4, -0.2) is 22.0 Å². The third kappa shape index (κ3) is 2.72. The number of para-hydroxylation sites is 1. The molecule has 2 aromatic rings. The standard InChI is InChI=1S/C15H20N2OS2/c1-2-13-15(20-8-7-19-13)14(17-16)12-9-10-5-3-4-6-11(10)18-12/h3-6,9,13-15,17H,2,7-8,16H2,1H3. The van der Waals surface area contributed by atoms with Crippen molar-refractivity contribution in [3.63, 3.8) is 0 Å². The summed E-state index contributed by atoms with van der Waals surface area (Å²) in [5.41, 5.74) is 3.92. The fourth-order valence-electron chi connectivity index (χ4n) is 2.74. The van der Waals surface area contributed by atoms with Crippen LogP contribution in [0.3, 0.4) is 0 Å². The summed E-state index contributed by atoms with van der Waals surface area (Å²) >= 11 is 4.07. The molecule has 0 radical (unpaired) electrons. The lowest BCUT2D eigenvalue weighted by Gasteiger charge is -2.34. The minimum atomic E-state index is 0.0742. The maximum atomic E-state index is 6.00. The van der Waals surface area contributed by atoms with Crippen LogP contribution in [0.4, 0.5) is 0 Å². The number of hydrazine groups is 1. The highest BCUT2D eigenvalue weighted by Gasteiger charge is 2.34. The summed E-state index contributed by atoms with van der Waals surface area (Å²) in [6.07, 6.45) is 1.17. The molecule has 20 heavy (non-hydrogen) atoms. The molecule has 5 heteroatoms. The van der Waals surface area contributed by atoms with Gasteiger partial charge in [-0.1, -0.05) is 25.1 Å². The average Bonchev–Trinajstić information content (AvgIpc) is 2.92. The number of thioether (sulfide) groups is 2. The first-order chi connectivity index (χ1) is 9.83. The zero-order valence-electron chi connectivity index (χ0n) is 11.5. The second kappa shape index (κ2) is 6.43. The van der Waals surface area contributed by atoms with Crippen molar-refractivity contribution in [2.45, 2.75) is 29.9 Å². The molecule has 0 bridgehead atoms. The first-order valence-corrected chi connectivity index (χ1v) is 9.11. The van der Waals surface area contributed by atoms with Crippen LogP contribution in [0, 0.1) is 0 Å². The fourth-order valence-corrected chi connectivity index (χ4v) is 5.95. The van der Waals surface area contributed by atoms with Crippen molar-refractivity contribution in [1.29, 1.82) is 0 Å². The van der Waals surface area contributed by atoms with Crippen LogP contribution in [0.1, 0.15) is 25.1 Å². The van der Waals surface area contributed by atoms with Gasteiger partial charge in [0.05, 0.1) is 6.04 Å². The Morgan fingerprint density at radius 1 is 1.35 bits per heavy atom. The summed E-state index contributed by atoms with van der Waals surface area (Å²) in [7, 11) is 0. The number of nitrogens with two attached hydrogens (primary N) is 1. The van der Waals surface area contributed by atoms with Crippen molar-refractivity contribution in [1.82, 2.24) is 5.43 Å². The molecule has 1 aliphatic rings. The van der Waals surface area contributed by atoms with Gasteiger partial charge in [-0.25, -0.2) is 5.43 Å². The van der Waals surface area contributed by atoms with E-state index in [4.69, 9.17) is 10.3 Å². The van der Waals surface area contributed by atoms with Crippen LogP contribution in [0.5, 0.6) is 0 Å². The van der Waals surface area contributed by atoms with E-state index in [0.717, 1.165) is 16.7 Å². The number of benzene rings is 1. The Hall–Kier alpha value is -0.620. The number of nitrogens with one attached hydrogen (secondary N) is 1. The fraction of sp³-hybridized carbons (Fsp3) is 0.467. The summed E-state index contributed by atoms with van der Waals surface area (Å²) < 4.78 is 6.00. The molecule has 3 rings (SSSR count). The van der Waals surface area contributed by atoms with Crippen LogP contribution in [-0.2, 0) is 0 Å². The van der Waals surface area contributed by atoms with Gasteiger partial charge >= 0.3 is 0 Å². The summed E-state index contributed by atoms with van der Waals surface area (Å²) in [6.45, 7) is 2.25. The highest BCUT2D eigenvalue weighted by Crippen LogP contribution is 2.40. The van der Waals surface area contributed by atoms with E-state index in [1.54, 1.807) is 0 Å². The van der Waals surface area contributed by atoms with E-state index in [1.807, 2.05) is 30.0 Å². The second-order valence-corrected chi connectivity index (χ2v) is 7.62. The first-order valence-electron chi connectivity index (χ1n) is 7.01. The number of rotatable bonds is 4. The topological polar surface area (TPSA) is 51.2 Å². The van der Waals surface area contributed by atoms with Crippen molar-refractivity contribution >= 4 is 34.5 Å². The third-order valence-corrected chi connectivity index (χ3v) is 7.10.